The summed E-state index contributed by atoms with van der Waals surface area (Å²) in [6.45, 7) is 0. The Morgan fingerprint density at radius 1 is 1.33 bits per heavy atom. The third kappa shape index (κ3) is 1.11. The van der Waals surface area contributed by atoms with Gasteiger partial charge in [0.15, 0.2) is 12.4 Å². The Morgan fingerprint density at radius 3 is 3.08 bits per heavy atom. The molecule has 0 aromatic rings. The van der Waals surface area contributed by atoms with E-state index in [9.17, 15) is 4.79 Å². The normalized spacial score (nSPS) is 25.2. The molecular weight excluding hydrogens is 152 g/mol. The van der Waals surface area contributed by atoms with Crippen LogP contribution in [0.4, 0.5) is 0 Å². The second kappa shape index (κ2) is 2.81. The molecule has 2 heteroatoms. The zero-order valence-corrected chi connectivity index (χ0v) is 6.44. The number of carbonyl (C=O) groups is 1. The Morgan fingerprint density at radius 2 is 2.25 bits per heavy atom. The molecule has 1 heterocycles. The van der Waals surface area contributed by atoms with Crippen LogP contribution in [-0.4, -0.2) is 12.4 Å². The van der Waals surface area contributed by atoms with Crippen molar-refractivity contribution in [2.45, 2.75) is 6.10 Å². The standard InChI is InChI=1S/C10H8O2/c11-7-9-6-8-4-2-1-3-5-10(8)12-9/h1-7,9H. The van der Waals surface area contributed by atoms with Crippen molar-refractivity contribution in [3.05, 3.63) is 47.8 Å². The number of allylic oxidation sites excluding steroid dienone is 5. The predicted octanol–water partition coefficient (Wildman–Crippen LogP) is 1.52. The van der Waals surface area contributed by atoms with Crippen LogP contribution in [0.25, 0.3) is 0 Å². The van der Waals surface area contributed by atoms with Gasteiger partial charge in [-0.25, -0.2) is 0 Å². The van der Waals surface area contributed by atoms with Gasteiger partial charge in [-0.2, -0.15) is 0 Å². The monoisotopic (exact) mass is 160 g/mol. The first-order valence-corrected chi connectivity index (χ1v) is 3.79. The van der Waals surface area contributed by atoms with Crippen molar-refractivity contribution < 1.29 is 9.53 Å². The zero-order valence-electron chi connectivity index (χ0n) is 6.44. The summed E-state index contributed by atoms with van der Waals surface area (Å²) in [7, 11) is 0. The highest BCUT2D eigenvalue weighted by Gasteiger charge is 2.19. The van der Waals surface area contributed by atoms with Gasteiger partial charge >= 0.3 is 0 Å². The van der Waals surface area contributed by atoms with Gasteiger partial charge < -0.3 is 4.74 Å². The van der Waals surface area contributed by atoms with Crippen LogP contribution in [0.3, 0.4) is 0 Å². The molecule has 2 aliphatic rings. The third-order valence-corrected chi connectivity index (χ3v) is 1.77. The van der Waals surface area contributed by atoms with Gasteiger partial charge in [-0.3, -0.25) is 4.79 Å². The molecule has 0 fully saturated rings. The van der Waals surface area contributed by atoms with E-state index >= 15 is 0 Å². The van der Waals surface area contributed by atoms with E-state index in [1.807, 2.05) is 36.5 Å². The van der Waals surface area contributed by atoms with E-state index < -0.39 is 6.10 Å². The van der Waals surface area contributed by atoms with E-state index in [-0.39, 0.29) is 0 Å². The highest BCUT2D eigenvalue weighted by atomic mass is 16.5. The number of rotatable bonds is 1. The number of fused-ring (bicyclic) bond motifs is 1. The molecular formula is C10H8O2. The SMILES string of the molecule is O=CC1C=C2C=CC=CC=C2O1. The first kappa shape index (κ1) is 7.10. The average molecular weight is 160 g/mol. The molecule has 60 valence electrons. The van der Waals surface area contributed by atoms with Crippen LogP contribution in [0.15, 0.2) is 47.8 Å². The van der Waals surface area contributed by atoms with Gasteiger partial charge in [0.05, 0.1) is 0 Å². The summed E-state index contributed by atoms with van der Waals surface area (Å²) in [4.78, 5) is 10.4. The number of ether oxygens (including phenoxy) is 1. The summed E-state index contributed by atoms with van der Waals surface area (Å²) in [5, 5.41) is 0. The lowest BCUT2D eigenvalue weighted by Crippen LogP contribution is -2.03. The van der Waals surface area contributed by atoms with Crippen LogP contribution in [0.5, 0.6) is 0 Å². The molecule has 12 heavy (non-hydrogen) atoms. The van der Waals surface area contributed by atoms with Gasteiger partial charge in [-0.1, -0.05) is 24.3 Å². The van der Waals surface area contributed by atoms with Crippen LogP contribution in [0.2, 0.25) is 0 Å². The lowest BCUT2D eigenvalue weighted by molar-refractivity contribution is -0.113. The van der Waals surface area contributed by atoms with Crippen molar-refractivity contribution in [3.8, 4) is 0 Å². The van der Waals surface area contributed by atoms with E-state index in [0.29, 0.717) is 0 Å². The molecule has 0 radical (unpaired) electrons. The van der Waals surface area contributed by atoms with E-state index in [1.165, 1.54) is 0 Å². The first-order chi connectivity index (χ1) is 5.90. The zero-order chi connectivity index (χ0) is 8.39. The summed E-state index contributed by atoms with van der Waals surface area (Å²) in [5.74, 6) is 0.775. The summed E-state index contributed by atoms with van der Waals surface area (Å²) in [5.41, 5.74) is 0.983. The quantitative estimate of drug-likeness (QED) is 0.543. The minimum atomic E-state index is -0.401. The molecule has 0 saturated carbocycles. The summed E-state index contributed by atoms with van der Waals surface area (Å²) in [6, 6.07) is 0. The van der Waals surface area contributed by atoms with Crippen molar-refractivity contribution in [2.75, 3.05) is 0 Å². The van der Waals surface area contributed by atoms with Crippen molar-refractivity contribution in [1.29, 1.82) is 0 Å². The van der Waals surface area contributed by atoms with Gasteiger partial charge in [0.2, 0.25) is 0 Å². The van der Waals surface area contributed by atoms with E-state index in [1.54, 1.807) is 0 Å². The summed E-state index contributed by atoms with van der Waals surface area (Å²) >= 11 is 0. The van der Waals surface area contributed by atoms with Crippen LogP contribution in [0, 0.1) is 0 Å². The number of aldehydes is 1. The van der Waals surface area contributed by atoms with Gasteiger partial charge in [-0.05, 0) is 12.2 Å². The Hall–Kier alpha value is -1.57. The van der Waals surface area contributed by atoms with Gasteiger partial charge in [0, 0.05) is 5.57 Å². The van der Waals surface area contributed by atoms with Gasteiger partial charge in [-0.15, -0.1) is 0 Å². The second-order valence-corrected chi connectivity index (χ2v) is 2.62. The van der Waals surface area contributed by atoms with Crippen LogP contribution >= 0.6 is 0 Å². The van der Waals surface area contributed by atoms with Crippen molar-refractivity contribution in [3.63, 3.8) is 0 Å². The molecule has 0 amide bonds. The molecule has 0 N–H and O–H groups in total. The summed E-state index contributed by atoms with van der Waals surface area (Å²) in [6.07, 6.45) is 11.7. The molecule has 0 spiro atoms. The van der Waals surface area contributed by atoms with Crippen molar-refractivity contribution >= 4 is 6.29 Å². The molecule has 2 nitrogen and oxygen atoms in total. The van der Waals surface area contributed by atoms with Crippen LogP contribution in [0.1, 0.15) is 0 Å². The smallest absolute Gasteiger partial charge is 0.173 e. The fourth-order valence-electron chi connectivity index (χ4n) is 1.21. The number of hydrogen-bond acceptors (Lipinski definition) is 2. The molecule has 1 unspecified atom stereocenters. The topological polar surface area (TPSA) is 26.3 Å². The molecule has 0 saturated heterocycles. The lowest BCUT2D eigenvalue weighted by atomic mass is 10.2. The third-order valence-electron chi connectivity index (χ3n) is 1.77. The Balaban J connectivity index is 2.34. The largest absolute Gasteiger partial charge is 0.478 e. The van der Waals surface area contributed by atoms with E-state index in [0.717, 1.165) is 17.6 Å². The van der Waals surface area contributed by atoms with Crippen molar-refractivity contribution in [2.24, 2.45) is 0 Å². The molecule has 1 aliphatic carbocycles. The maximum atomic E-state index is 10.4. The minimum absolute atomic E-state index is 0.401. The van der Waals surface area contributed by atoms with Crippen molar-refractivity contribution in [1.82, 2.24) is 0 Å². The number of hydrogen-bond donors (Lipinski definition) is 0. The van der Waals surface area contributed by atoms with Gasteiger partial charge in [0.25, 0.3) is 0 Å². The maximum absolute atomic E-state index is 10.4. The molecule has 1 atom stereocenters. The van der Waals surface area contributed by atoms with Gasteiger partial charge in [0.1, 0.15) is 5.76 Å². The number of carbonyl (C=O) groups excluding carboxylic acids is 1. The first-order valence-electron chi connectivity index (χ1n) is 3.79. The minimum Gasteiger partial charge on any atom is -0.478 e. The molecule has 2 rings (SSSR count). The molecule has 0 aromatic carbocycles. The van der Waals surface area contributed by atoms with Crippen LogP contribution in [-0.2, 0) is 9.53 Å². The fourth-order valence-corrected chi connectivity index (χ4v) is 1.21. The molecule has 0 bridgehead atoms. The Labute approximate surface area is 70.5 Å². The highest BCUT2D eigenvalue weighted by molar-refractivity contribution is 5.64. The Kier molecular flexibility index (Phi) is 1.67. The Bertz CT molecular complexity index is 319. The lowest BCUT2D eigenvalue weighted by Gasteiger charge is -2.01. The average Bonchev–Trinajstić information content (AvgIpc) is 2.37. The maximum Gasteiger partial charge on any atom is 0.173 e. The van der Waals surface area contributed by atoms with E-state index in [2.05, 4.69) is 0 Å². The fraction of sp³-hybridized carbons (Fsp3) is 0.100. The molecule has 1 aliphatic heterocycles. The highest BCUT2D eigenvalue weighted by Crippen LogP contribution is 2.24. The summed E-state index contributed by atoms with van der Waals surface area (Å²) < 4.78 is 5.29. The molecule has 0 aromatic heterocycles. The predicted molar refractivity (Wildman–Crippen MR) is 45.4 cm³/mol. The van der Waals surface area contributed by atoms with Crippen LogP contribution < -0.4 is 0 Å². The van der Waals surface area contributed by atoms with E-state index in [4.69, 9.17) is 4.74 Å². The second-order valence-electron chi connectivity index (χ2n) is 2.62.